The number of amides is 2. The van der Waals surface area contributed by atoms with Gasteiger partial charge >= 0.3 is 12.0 Å². The SMILES string of the molecule is COCCN(C(=O)NC(C)CC(=O)O)C(C)COC. The highest BCUT2D eigenvalue weighted by Crippen LogP contribution is 2.02. The number of nitrogens with zero attached hydrogens (tertiary/aromatic N) is 1. The van der Waals surface area contributed by atoms with E-state index in [1.165, 1.54) is 0 Å². The molecule has 0 rings (SSSR count). The molecule has 0 fully saturated rings. The largest absolute Gasteiger partial charge is 0.481 e. The third kappa shape index (κ3) is 7.63. The average molecular weight is 276 g/mol. The quantitative estimate of drug-likeness (QED) is 0.642. The van der Waals surface area contributed by atoms with E-state index < -0.39 is 12.0 Å². The van der Waals surface area contributed by atoms with Gasteiger partial charge in [-0.05, 0) is 13.8 Å². The molecule has 0 bridgehead atoms. The van der Waals surface area contributed by atoms with Crippen molar-refractivity contribution in [2.75, 3.05) is 34.0 Å². The average Bonchev–Trinajstić information content (AvgIpc) is 2.28. The number of hydrogen-bond donors (Lipinski definition) is 2. The van der Waals surface area contributed by atoms with Crippen molar-refractivity contribution < 1.29 is 24.2 Å². The number of rotatable bonds is 9. The van der Waals surface area contributed by atoms with E-state index >= 15 is 0 Å². The molecule has 0 saturated heterocycles. The van der Waals surface area contributed by atoms with Gasteiger partial charge in [0.2, 0.25) is 0 Å². The molecule has 0 aliphatic carbocycles. The highest BCUT2D eigenvalue weighted by molar-refractivity contribution is 5.76. The number of ether oxygens (including phenoxy) is 2. The standard InChI is InChI=1S/C12H24N2O5/c1-9(7-11(15)16)13-12(17)14(5-6-18-3)10(2)8-19-4/h9-10H,5-8H2,1-4H3,(H,13,17)(H,15,16). The molecule has 2 atom stereocenters. The van der Waals surface area contributed by atoms with Crippen LogP contribution in [0.2, 0.25) is 0 Å². The van der Waals surface area contributed by atoms with Crippen molar-refractivity contribution in [3.05, 3.63) is 0 Å². The van der Waals surface area contributed by atoms with Gasteiger partial charge in [-0.1, -0.05) is 0 Å². The van der Waals surface area contributed by atoms with Gasteiger partial charge in [0.25, 0.3) is 0 Å². The minimum atomic E-state index is -0.943. The van der Waals surface area contributed by atoms with E-state index in [1.807, 2.05) is 6.92 Å². The molecule has 7 nitrogen and oxygen atoms in total. The molecule has 112 valence electrons. The van der Waals surface area contributed by atoms with Crippen LogP contribution in [0.4, 0.5) is 4.79 Å². The predicted octanol–water partition coefficient (Wildman–Crippen LogP) is 0.543. The summed E-state index contributed by atoms with van der Waals surface area (Å²) in [5.41, 5.74) is 0. The lowest BCUT2D eigenvalue weighted by molar-refractivity contribution is -0.137. The Morgan fingerprint density at radius 1 is 1.26 bits per heavy atom. The van der Waals surface area contributed by atoms with Gasteiger partial charge in [-0.15, -0.1) is 0 Å². The third-order valence-corrected chi connectivity index (χ3v) is 2.59. The molecule has 7 heteroatoms. The molecular formula is C12H24N2O5. The van der Waals surface area contributed by atoms with Gasteiger partial charge in [-0.3, -0.25) is 4.79 Å². The molecule has 0 aromatic heterocycles. The van der Waals surface area contributed by atoms with E-state index in [-0.39, 0.29) is 18.5 Å². The number of carbonyl (C=O) groups excluding carboxylic acids is 1. The van der Waals surface area contributed by atoms with Crippen LogP contribution in [-0.4, -0.2) is 68.1 Å². The number of methoxy groups -OCH3 is 2. The molecule has 19 heavy (non-hydrogen) atoms. The Hall–Kier alpha value is -1.34. The number of carbonyl (C=O) groups is 2. The summed E-state index contributed by atoms with van der Waals surface area (Å²) >= 11 is 0. The van der Waals surface area contributed by atoms with Gasteiger partial charge < -0.3 is 24.8 Å². The maximum absolute atomic E-state index is 12.1. The van der Waals surface area contributed by atoms with Crippen LogP contribution in [0.15, 0.2) is 0 Å². The summed E-state index contributed by atoms with van der Waals surface area (Å²) in [7, 11) is 3.13. The molecule has 0 radical (unpaired) electrons. The van der Waals surface area contributed by atoms with E-state index in [0.717, 1.165) is 0 Å². The van der Waals surface area contributed by atoms with Crippen molar-refractivity contribution in [1.82, 2.24) is 10.2 Å². The molecule has 0 aliphatic rings. The zero-order valence-electron chi connectivity index (χ0n) is 12.0. The van der Waals surface area contributed by atoms with E-state index in [1.54, 1.807) is 26.0 Å². The molecule has 0 aromatic carbocycles. The zero-order valence-corrected chi connectivity index (χ0v) is 12.0. The van der Waals surface area contributed by atoms with Gasteiger partial charge in [0, 0.05) is 26.8 Å². The molecule has 0 aromatic rings. The lowest BCUT2D eigenvalue weighted by atomic mass is 10.2. The summed E-state index contributed by atoms with van der Waals surface area (Å²) in [4.78, 5) is 24.2. The van der Waals surface area contributed by atoms with Gasteiger partial charge in [0.15, 0.2) is 0 Å². The summed E-state index contributed by atoms with van der Waals surface area (Å²) in [6.07, 6.45) is -0.109. The summed E-state index contributed by atoms with van der Waals surface area (Å²) in [5, 5.41) is 11.3. The molecule has 2 N–H and O–H groups in total. The van der Waals surface area contributed by atoms with Gasteiger partial charge in [-0.25, -0.2) is 4.79 Å². The summed E-state index contributed by atoms with van der Waals surface area (Å²) in [6, 6.07) is -0.850. The highest BCUT2D eigenvalue weighted by Gasteiger charge is 2.21. The molecule has 0 saturated carbocycles. The van der Waals surface area contributed by atoms with E-state index in [2.05, 4.69) is 5.32 Å². The zero-order chi connectivity index (χ0) is 14.8. The molecule has 0 heterocycles. The van der Waals surface area contributed by atoms with Crippen LogP contribution >= 0.6 is 0 Å². The van der Waals surface area contributed by atoms with Crippen LogP contribution in [0.3, 0.4) is 0 Å². The van der Waals surface area contributed by atoms with Crippen molar-refractivity contribution in [2.24, 2.45) is 0 Å². The van der Waals surface area contributed by atoms with Gasteiger partial charge in [0.1, 0.15) is 0 Å². The molecular weight excluding hydrogens is 252 g/mol. The second-order valence-corrected chi connectivity index (χ2v) is 4.44. The van der Waals surface area contributed by atoms with Crippen LogP contribution in [0, 0.1) is 0 Å². The number of hydrogen-bond acceptors (Lipinski definition) is 4. The Morgan fingerprint density at radius 3 is 2.37 bits per heavy atom. The smallest absolute Gasteiger partial charge is 0.318 e. The maximum atomic E-state index is 12.1. The normalized spacial score (nSPS) is 13.7. The van der Waals surface area contributed by atoms with E-state index in [9.17, 15) is 9.59 Å². The first kappa shape index (κ1) is 17.7. The first-order valence-corrected chi connectivity index (χ1v) is 6.19. The van der Waals surface area contributed by atoms with Crippen LogP contribution in [0.25, 0.3) is 0 Å². The first-order chi connectivity index (χ1) is 8.92. The fourth-order valence-electron chi connectivity index (χ4n) is 1.65. The monoisotopic (exact) mass is 276 g/mol. The highest BCUT2D eigenvalue weighted by atomic mass is 16.5. The minimum absolute atomic E-state index is 0.109. The molecule has 2 amide bonds. The number of nitrogens with one attached hydrogen (secondary N) is 1. The Bertz CT molecular complexity index is 285. The van der Waals surface area contributed by atoms with E-state index in [0.29, 0.717) is 19.8 Å². The summed E-state index contributed by atoms with van der Waals surface area (Å²) in [6.45, 7) is 4.76. The third-order valence-electron chi connectivity index (χ3n) is 2.59. The number of carboxylic acid groups (broad SMARTS) is 1. The Kier molecular flexibility index (Phi) is 8.90. The van der Waals surface area contributed by atoms with Crippen molar-refractivity contribution in [2.45, 2.75) is 32.4 Å². The topological polar surface area (TPSA) is 88.1 Å². The van der Waals surface area contributed by atoms with Crippen LogP contribution in [0.5, 0.6) is 0 Å². The minimum Gasteiger partial charge on any atom is -0.481 e. The van der Waals surface area contributed by atoms with Crippen molar-refractivity contribution >= 4 is 12.0 Å². The van der Waals surface area contributed by atoms with Crippen molar-refractivity contribution in [3.63, 3.8) is 0 Å². The second kappa shape index (κ2) is 9.57. The number of aliphatic carboxylic acids is 1. The Morgan fingerprint density at radius 2 is 1.89 bits per heavy atom. The maximum Gasteiger partial charge on any atom is 0.318 e. The molecule has 0 aliphatic heterocycles. The van der Waals surface area contributed by atoms with Crippen LogP contribution in [-0.2, 0) is 14.3 Å². The van der Waals surface area contributed by atoms with Crippen molar-refractivity contribution in [3.8, 4) is 0 Å². The van der Waals surface area contributed by atoms with Crippen molar-refractivity contribution in [1.29, 1.82) is 0 Å². The Labute approximate surface area is 113 Å². The Balaban J connectivity index is 4.47. The predicted molar refractivity (Wildman–Crippen MR) is 70.2 cm³/mol. The van der Waals surface area contributed by atoms with Crippen LogP contribution < -0.4 is 5.32 Å². The molecule has 2 unspecified atom stereocenters. The lowest BCUT2D eigenvalue weighted by Gasteiger charge is -2.30. The first-order valence-electron chi connectivity index (χ1n) is 6.19. The summed E-state index contributed by atoms with van der Waals surface area (Å²) in [5.74, 6) is -0.943. The summed E-state index contributed by atoms with van der Waals surface area (Å²) < 4.78 is 9.99. The second-order valence-electron chi connectivity index (χ2n) is 4.44. The van der Waals surface area contributed by atoms with Gasteiger partial charge in [0.05, 0.1) is 25.7 Å². The fraction of sp³-hybridized carbons (Fsp3) is 0.833. The van der Waals surface area contributed by atoms with E-state index in [4.69, 9.17) is 14.6 Å². The van der Waals surface area contributed by atoms with Crippen LogP contribution in [0.1, 0.15) is 20.3 Å². The lowest BCUT2D eigenvalue weighted by Crippen LogP contribution is -2.50. The molecule has 0 spiro atoms. The number of carboxylic acids is 1. The van der Waals surface area contributed by atoms with Gasteiger partial charge in [-0.2, -0.15) is 0 Å². The fourth-order valence-corrected chi connectivity index (χ4v) is 1.65. The number of urea groups is 1.